The quantitative estimate of drug-likeness (QED) is 0.583. The SMILES string of the molecule is CN([Si](C)(C)C)[Si](C)(C)C. The van der Waals surface area contributed by atoms with E-state index in [1.807, 2.05) is 0 Å². The van der Waals surface area contributed by atoms with E-state index in [-0.39, 0.29) is 0 Å². The first kappa shape index (κ1) is 10.4. The van der Waals surface area contributed by atoms with E-state index in [0.29, 0.717) is 0 Å². The third kappa shape index (κ3) is 2.99. The van der Waals surface area contributed by atoms with E-state index in [4.69, 9.17) is 0 Å². The zero-order valence-electron chi connectivity index (χ0n) is 8.45. The second-order valence-corrected chi connectivity index (χ2v) is 15.4. The molecule has 0 heterocycles. The molecule has 0 aliphatic rings. The lowest BCUT2D eigenvalue weighted by molar-refractivity contribution is 0.759. The Labute approximate surface area is 67.6 Å². The second-order valence-electron chi connectivity index (χ2n) is 4.90. The van der Waals surface area contributed by atoms with Gasteiger partial charge >= 0.3 is 0 Å². The summed E-state index contributed by atoms with van der Waals surface area (Å²) in [5.41, 5.74) is 0. The molecule has 0 aliphatic heterocycles. The van der Waals surface area contributed by atoms with E-state index in [2.05, 4.69) is 50.6 Å². The Morgan fingerprint density at radius 3 is 0.900 bits per heavy atom. The lowest BCUT2D eigenvalue weighted by Crippen LogP contribution is -2.56. The van der Waals surface area contributed by atoms with Gasteiger partial charge < -0.3 is 4.23 Å². The van der Waals surface area contributed by atoms with Gasteiger partial charge in [-0.25, -0.2) is 0 Å². The van der Waals surface area contributed by atoms with Crippen molar-refractivity contribution in [2.24, 2.45) is 0 Å². The Hall–Kier alpha value is 0.394. The van der Waals surface area contributed by atoms with Crippen molar-refractivity contribution < 1.29 is 0 Å². The molecule has 62 valence electrons. The maximum Gasteiger partial charge on any atom is 0.112 e. The van der Waals surface area contributed by atoms with Gasteiger partial charge in [-0.3, -0.25) is 0 Å². The summed E-state index contributed by atoms with van der Waals surface area (Å²) in [6, 6.07) is 0. The molecule has 0 spiro atoms. The van der Waals surface area contributed by atoms with Crippen LogP contribution in [0.1, 0.15) is 0 Å². The molecule has 0 saturated carbocycles. The highest BCUT2D eigenvalue weighted by atomic mass is 28.4. The number of hydrogen-bond donors (Lipinski definition) is 0. The third-order valence-corrected chi connectivity index (χ3v) is 10.1. The average molecular weight is 175 g/mol. The predicted octanol–water partition coefficient (Wildman–Crippen LogP) is 2.59. The van der Waals surface area contributed by atoms with Crippen LogP contribution in [-0.4, -0.2) is 27.7 Å². The van der Waals surface area contributed by atoms with Gasteiger partial charge in [0.1, 0.15) is 16.5 Å². The van der Waals surface area contributed by atoms with Crippen LogP contribution in [0.3, 0.4) is 0 Å². The van der Waals surface area contributed by atoms with Gasteiger partial charge in [-0.15, -0.1) is 0 Å². The van der Waals surface area contributed by atoms with Crippen molar-refractivity contribution in [2.45, 2.75) is 39.3 Å². The van der Waals surface area contributed by atoms with Gasteiger partial charge in [0.05, 0.1) is 0 Å². The standard InChI is InChI=1S/C7H21NSi2/c1-8(9(2,3)4)10(5,6)7/h1-7H3. The molecule has 10 heavy (non-hydrogen) atoms. The van der Waals surface area contributed by atoms with E-state index in [1.54, 1.807) is 0 Å². The van der Waals surface area contributed by atoms with Crippen LogP contribution in [0.25, 0.3) is 0 Å². The van der Waals surface area contributed by atoms with Crippen molar-refractivity contribution in [1.82, 2.24) is 4.23 Å². The van der Waals surface area contributed by atoms with Crippen molar-refractivity contribution >= 4 is 16.5 Å². The van der Waals surface area contributed by atoms with Gasteiger partial charge in [0.2, 0.25) is 0 Å². The molecule has 0 aromatic carbocycles. The summed E-state index contributed by atoms with van der Waals surface area (Å²) in [7, 11) is 0.288. The molecule has 0 amide bonds. The molecule has 0 N–H and O–H groups in total. The fourth-order valence-electron chi connectivity index (χ4n) is 1.01. The van der Waals surface area contributed by atoms with Crippen LogP contribution >= 0.6 is 0 Å². The highest BCUT2D eigenvalue weighted by Crippen LogP contribution is 2.15. The van der Waals surface area contributed by atoms with Crippen LogP contribution in [0, 0.1) is 0 Å². The first-order valence-corrected chi connectivity index (χ1v) is 10.8. The van der Waals surface area contributed by atoms with Crippen LogP contribution in [0.15, 0.2) is 0 Å². The smallest absolute Gasteiger partial charge is 0.112 e. The molecule has 0 saturated heterocycles. The molecule has 0 aromatic heterocycles. The van der Waals surface area contributed by atoms with Crippen LogP contribution in [0.2, 0.25) is 39.3 Å². The van der Waals surface area contributed by atoms with Gasteiger partial charge in [-0.05, 0) is 7.05 Å². The topological polar surface area (TPSA) is 3.24 Å². The average Bonchev–Trinajstić information content (AvgIpc) is 1.59. The molecule has 0 bridgehead atoms. The van der Waals surface area contributed by atoms with Crippen LogP contribution in [0.5, 0.6) is 0 Å². The molecular weight excluding hydrogens is 154 g/mol. The fraction of sp³-hybridized carbons (Fsp3) is 1.00. The molecule has 0 radical (unpaired) electrons. The minimum atomic E-state index is -1.00. The highest BCUT2D eigenvalue weighted by Gasteiger charge is 2.30. The number of rotatable bonds is 2. The Morgan fingerprint density at radius 1 is 0.700 bits per heavy atom. The molecule has 0 unspecified atom stereocenters. The zero-order chi connectivity index (χ0) is 8.58. The normalized spacial score (nSPS) is 14.4. The van der Waals surface area contributed by atoms with E-state index in [9.17, 15) is 0 Å². The Morgan fingerprint density at radius 2 is 0.900 bits per heavy atom. The second kappa shape index (κ2) is 2.79. The van der Waals surface area contributed by atoms with E-state index in [0.717, 1.165) is 0 Å². The first-order valence-electron chi connectivity index (χ1n) is 3.89. The summed E-state index contributed by atoms with van der Waals surface area (Å²) in [6.45, 7) is 14.4. The third-order valence-electron chi connectivity index (χ3n) is 2.01. The van der Waals surface area contributed by atoms with E-state index >= 15 is 0 Å². The molecule has 3 heteroatoms. The molecule has 0 fully saturated rings. The Bertz CT molecular complexity index is 95.8. The summed E-state index contributed by atoms with van der Waals surface area (Å²) in [4.78, 5) is 0. The maximum atomic E-state index is 2.65. The van der Waals surface area contributed by atoms with Crippen LogP contribution < -0.4 is 0 Å². The van der Waals surface area contributed by atoms with Crippen molar-refractivity contribution in [2.75, 3.05) is 7.05 Å². The zero-order valence-corrected chi connectivity index (χ0v) is 10.4. The van der Waals surface area contributed by atoms with E-state index in [1.165, 1.54) is 0 Å². The first-order chi connectivity index (χ1) is 4.15. The lowest BCUT2D eigenvalue weighted by atomic mass is 11.6. The molecule has 0 atom stereocenters. The fourth-order valence-corrected chi connectivity index (χ4v) is 9.06. The van der Waals surface area contributed by atoms with Gasteiger partial charge in [0.25, 0.3) is 0 Å². The minimum absolute atomic E-state index is 1.00. The summed E-state index contributed by atoms with van der Waals surface area (Å²) < 4.78 is 2.65. The van der Waals surface area contributed by atoms with Crippen molar-refractivity contribution in [3.05, 3.63) is 0 Å². The van der Waals surface area contributed by atoms with Crippen LogP contribution in [0.4, 0.5) is 0 Å². The van der Waals surface area contributed by atoms with Gasteiger partial charge in [0.15, 0.2) is 0 Å². The molecule has 0 aromatic rings. The molecule has 0 rings (SSSR count). The summed E-state index contributed by atoms with van der Waals surface area (Å²) in [5, 5.41) is 0. The number of nitrogens with zero attached hydrogens (tertiary/aromatic N) is 1. The van der Waals surface area contributed by atoms with Crippen molar-refractivity contribution in [3.63, 3.8) is 0 Å². The Balaban J connectivity index is 4.23. The van der Waals surface area contributed by atoms with Crippen molar-refractivity contribution in [1.29, 1.82) is 0 Å². The largest absolute Gasteiger partial charge is 0.349 e. The highest BCUT2D eigenvalue weighted by molar-refractivity contribution is 6.89. The lowest BCUT2D eigenvalue weighted by Gasteiger charge is -2.40. The molecule has 1 nitrogen and oxygen atoms in total. The van der Waals surface area contributed by atoms with Crippen molar-refractivity contribution in [3.8, 4) is 0 Å². The van der Waals surface area contributed by atoms with Gasteiger partial charge in [-0.1, -0.05) is 39.3 Å². The number of hydrogen-bond acceptors (Lipinski definition) is 1. The van der Waals surface area contributed by atoms with Gasteiger partial charge in [0, 0.05) is 0 Å². The summed E-state index contributed by atoms with van der Waals surface area (Å²) in [5.74, 6) is 0. The van der Waals surface area contributed by atoms with Gasteiger partial charge in [-0.2, -0.15) is 0 Å². The predicted molar refractivity (Wildman–Crippen MR) is 54.5 cm³/mol. The van der Waals surface area contributed by atoms with E-state index < -0.39 is 16.5 Å². The Kier molecular flexibility index (Phi) is 2.90. The minimum Gasteiger partial charge on any atom is -0.349 e. The molecular formula is C7H21NSi2. The monoisotopic (exact) mass is 175 g/mol. The van der Waals surface area contributed by atoms with Crippen LogP contribution in [-0.2, 0) is 0 Å². The summed E-state index contributed by atoms with van der Waals surface area (Å²) >= 11 is 0. The molecule has 0 aliphatic carbocycles. The summed E-state index contributed by atoms with van der Waals surface area (Å²) in [6.07, 6.45) is 0. The maximum absolute atomic E-state index is 2.65.